The number of hydrogen-bond acceptors (Lipinski definition) is 0. The van der Waals surface area contributed by atoms with E-state index in [4.69, 9.17) is 0 Å². The molecule has 1 radical (unpaired) electrons. The van der Waals surface area contributed by atoms with Gasteiger partial charge in [0.2, 0.25) is 0 Å². The van der Waals surface area contributed by atoms with Gasteiger partial charge in [0.15, 0.2) is 0 Å². The van der Waals surface area contributed by atoms with Gasteiger partial charge in [-0.25, -0.2) is 0 Å². The molecule has 0 bridgehead atoms. The van der Waals surface area contributed by atoms with Crippen molar-refractivity contribution in [1.29, 1.82) is 0 Å². The van der Waals surface area contributed by atoms with Crippen molar-refractivity contribution in [3.8, 4) is 0 Å². The zero-order valence-corrected chi connectivity index (χ0v) is 15.7. The van der Waals surface area contributed by atoms with Crippen molar-refractivity contribution in [1.82, 2.24) is 0 Å². The van der Waals surface area contributed by atoms with Crippen LogP contribution in [0.5, 0.6) is 0 Å². The maximum absolute atomic E-state index is 4.40. The Bertz CT molecular complexity index is 879. The van der Waals surface area contributed by atoms with Crippen LogP contribution in [0.2, 0.25) is 0 Å². The molecule has 0 atom stereocenters. The summed E-state index contributed by atoms with van der Waals surface area (Å²) >= 11 is 0. The molecule has 0 saturated heterocycles. The minimum atomic E-state index is -2.41. The minimum absolute atomic E-state index is 1.11. The van der Waals surface area contributed by atoms with E-state index >= 15 is 0 Å². The Balaban J connectivity index is 2.17. The molecule has 0 heterocycles. The van der Waals surface area contributed by atoms with Crippen LogP contribution in [0.25, 0.3) is 0 Å². The molecule has 0 unspecified atom stereocenters. The van der Waals surface area contributed by atoms with E-state index in [1.54, 1.807) is 0 Å². The summed E-state index contributed by atoms with van der Waals surface area (Å²) in [5.74, 6) is 0. The van der Waals surface area contributed by atoms with Crippen LogP contribution in [0.1, 0.15) is 5.56 Å². The van der Waals surface area contributed by atoms with E-state index in [1.807, 2.05) is 0 Å². The van der Waals surface area contributed by atoms with Crippen LogP contribution in [-0.4, -0.2) is 0 Å². The predicted octanol–water partition coefficient (Wildman–Crippen LogP) is 4.22. The van der Waals surface area contributed by atoms with E-state index < -0.39 is 7.26 Å². The summed E-state index contributed by atoms with van der Waals surface area (Å²) in [6, 6.07) is 41.4. The topological polar surface area (TPSA) is 0 Å². The van der Waals surface area contributed by atoms with Crippen molar-refractivity contribution >= 4 is 28.5 Å². The van der Waals surface area contributed by atoms with Gasteiger partial charge in [-0.1, -0.05) is 0 Å². The fourth-order valence-electron chi connectivity index (χ4n) is 3.92. The summed E-state index contributed by atoms with van der Waals surface area (Å²) in [7, 11) is -2.41. The molecule has 0 N–H and O–H groups in total. The molecular weight excluding hydrogens is 331 g/mol. The summed E-state index contributed by atoms with van der Waals surface area (Å²) < 4.78 is 0. The second-order valence-corrected chi connectivity index (χ2v) is 10.3. The van der Waals surface area contributed by atoms with Gasteiger partial charge in [0.1, 0.15) is 0 Å². The molecule has 0 aliphatic carbocycles. The van der Waals surface area contributed by atoms with Crippen LogP contribution < -0.4 is 21.2 Å². The van der Waals surface area contributed by atoms with E-state index in [-0.39, 0.29) is 0 Å². The third kappa shape index (κ3) is 2.77. The predicted molar refractivity (Wildman–Crippen MR) is 117 cm³/mol. The van der Waals surface area contributed by atoms with Gasteiger partial charge in [-0.15, -0.1) is 0 Å². The molecule has 26 heavy (non-hydrogen) atoms. The van der Waals surface area contributed by atoms with Crippen molar-refractivity contribution < 1.29 is 0 Å². The molecule has 4 rings (SSSR count). The average molecular weight is 353 g/mol. The molecule has 0 fully saturated rings. The molecule has 0 spiro atoms. The van der Waals surface area contributed by atoms with Crippen molar-refractivity contribution in [2.45, 2.75) is 0 Å². The van der Waals surface area contributed by atoms with Crippen molar-refractivity contribution in [3.05, 3.63) is 128 Å². The molecule has 0 aliphatic rings. The van der Waals surface area contributed by atoms with E-state index in [9.17, 15) is 0 Å². The first kappa shape index (κ1) is 16.8. The van der Waals surface area contributed by atoms with Gasteiger partial charge in [0.25, 0.3) is 0 Å². The van der Waals surface area contributed by atoms with Crippen LogP contribution in [0.3, 0.4) is 0 Å². The maximum atomic E-state index is 4.40. The van der Waals surface area contributed by atoms with Crippen molar-refractivity contribution in [2.75, 3.05) is 0 Å². The van der Waals surface area contributed by atoms with Gasteiger partial charge < -0.3 is 0 Å². The van der Waals surface area contributed by atoms with Crippen molar-refractivity contribution in [2.24, 2.45) is 0 Å². The fraction of sp³-hybridized carbons (Fsp3) is 0. The van der Waals surface area contributed by atoms with Crippen molar-refractivity contribution in [3.63, 3.8) is 0 Å². The van der Waals surface area contributed by atoms with Crippen LogP contribution in [0.15, 0.2) is 115 Å². The summed E-state index contributed by atoms with van der Waals surface area (Å²) in [5, 5.41) is 5.50. The first-order valence-corrected chi connectivity index (χ1v) is 10.9. The Kier molecular flexibility index (Phi) is 4.69. The van der Waals surface area contributed by atoms with E-state index in [0.717, 1.165) is 5.56 Å². The normalized spacial score (nSPS) is 11.9. The quantitative estimate of drug-likeness (QED) is 0.482. The van der Waals surface area contributed by atoms with E-state index in [1.165, 1.54) is 21.2 Å². The average Bonchev–Trinajstić information content (AvgIpc) is 2.72. The Labute approximate surface area is 156 Å². The molecule has 127 valence electrons. The number of rotatable bonds is 4. The fourth-order valence-corrected chi connectivity index (χ4v) is 8.84. The SMILES string of the molecule is [CH2]c1ccccc1[PH](c1ccccc1)(c1ccccc1)c1ccccc1. The molecule has 4 aromatic rings. The van der Waals surface area contributed by atoms with Gasteiger partial charge in [0, 0.05) is 0 Å². The van der Waals surface area contributed by atoms with Crippen LogP contribution >= 0.6 is 7.26 Å². The zero-order chi connectivity index (χ0) is 17.8. The van der Waals surface area contributed by atoms with E-state index in [0.29, 0.717) is 0 Å². The third-order valence-electron chi connectivity index (χ3n) is 5.04. The Morgan fingerprint density at radius 3 is 1.15 bits per heavy atom. The van der Waals surface area contributed by atoms with E-state index in [2.05, 4.69) is 122 Å². The summed E-state index contributed by atoms with van der Waals surface area (Å²) in [6.45, 7) is 4.40. The Morgan fingerprint density at radius 2 is 0.769 bits per heavy atom. The molecular formula is C25H22P. The second-order valence-electron chi connectivity index (χ2n) is 6.51. The third-order valence-corrected chi connectivity index (χ3v) is 9.94. The number of benzene rings is 4. The van der Waals surface area contributed by atoms with Gasteiger partial charge in [-0.05, 0) is 0 Å². The second kappa shape index (κ2) is 7.28. The monoisotopic (exact) mass is 353 g/mol. The van der Waals surface area contributed by atoms with Crippen LogP contribution in [0.4, 0.5) is 0 Å². The molecule has 0 amide bonds. The van der Waals surface area contributed by atoms with Crippen LogP contribution in [0, 0.1) is 6.92 Å². The molecule has 0 aliphatic heterocycles. The van der Waals surface area contributed by atoms with Gasteiger partial charge in [-0.3, -0.25) is 0 Å². The first-order chi connectivity index (χ1) is 12.8. The molecule has 0 nitrogen and oxygen atoms in total. The molecule has 1 heteroatoms. The standard InChI is InChI=1S/C25H22P/c1-21-13-11-12-20-25(21)26(22-14-5-2-6-15-22,23-16-7-3-8-17-23)24-18-9-4-10-19-24/h2-20,26H,1H2. The van der Waals surface area contributed by atoms with Crippen LogP contribution in [-0.2, 0) is 0 Å². The Hall–Kier alpha value is -2.69. The zero-order valence-electron chi connectivity index (χ0n) is 14.7. The molecule has 0 saturated carbocycles. The Morgan fingerprint density at radius 1 is 0.423 bits per heavy atom. The molecule has 4 aromatic carbocycles. The van der Waals surface area contributed by atoms with Gasteiger partial charge in [0.05, 0.1) is 0 Å². The van der Waals surface area contributed by atoms with Gasteiger partial charge >= 0.3 is 156 Å². The first-order valence-electron chi connectivity index (χ1n) is 8.91. The summed E-state index contributed by atoms with van der Waals surface area (Å²) in [6.07, 6.45) is 0. The summed E-state index contributed by atoms with van der Waals surface area (Å²) in [5.41, 5.74) is 1.11. The molecule has 0 aromatic heterocycles. The van der Waals surface area contributed by atoms with Gasteiger partial charge in [-0.2, -0.15) is 0 Å². The summed E-state index contributed by atoms with van der Waals surface area (Å²) in [4.78, 5) is 0. The number of hydrogen-bond donors (Lipinski definition) is 0.